The molecule has 0 saturated heterocycles. The highest BCUT2D eigenvalue weighted by Gasteiger charge is 2.11. The molecule has 0 spiro atoms. The minimum atomic E-state index is -3.91. The summed E-state index contributed by atoms with van der Waals surface area (Å²) in [5.74, 6) is 0. The van der Waals surface area contributed by atoms with Gasteiger partial charge in [-0.1, -0.05) is 6.07 Å². The summed E-state index contributed by atoms with van der Waals surface area (Å²) in [4.78, 5) is 5.70. The van der Waals surface area contributed by atoms with Crippen molar-refractivity contribution < 1.29 is 8.42 Å². The highest BCUT2D eigenvalue weighted by atomic mass is 32.2. The summed E-state index contributed by atoms with van der Waals surface area (Å²) >= 11 is 0. The van der Waals surface area contributed by atoms with E-state index in [4.69, 9.17) is 5.53 Å². The quantitative estimate of drug-likeness (QED) is 0.390. The summed E-state index contributed by atoms with van der Waals surface area (Å²) in [6, 6.07) is 4.31. The fourth-order valence-corrected chi connectivity index (χ4v) is 1.21. The predicted molar refractivity (Wildman–Crippen MR) is 40.6 cm³/mol. The molecule has 6 nitrogen and oxygen atoms in total. The number of hydrogen-bond donors (Lipinski definition) is 0. The van der Waals surface area contributed by atoms with E-state index in [2.05, 4.69) is 14.4 Å². The molecule has 1 rings (SSSR count). The Morgan fingerprint density at radius 2 is 2.25 bits per heavy atom. The van der Waals surface area contributed by atoms with Gasteiger partial charge in [-0.3, -0.25) is 0 Å². The summed E-state index contributed by atoms with van der Waals surface area (Å²) in [6.07, 6.45) is 1.31. The van der Waals surface area contributed by atoms with Crippen LogP contribution < -0.4 is 0 Å². The fourth-order valence-electron chi connectivity index (χ4n) is 0.590. The van der Waals surface area contributed by atoms with Crippen LogP contribution in [0.2, 0.25) is 0 Å². The minimum absolute atomic E-state index is 0.247. The average Bonchev–Trinajstić information content (AvgIpc) is 2.06. The van der Waals surface area contributed by atoms with Crippen molar-refractivity contribution in [2.75, 3.05) is 0 Å². The molecule has 0 amide bonds. The first-order chi connectivity index (χ1) is 5.67. The second-order valence-corrected chi connectivity index (χ2v) is 3.35. The average molecular weight is 184 g/mol. The lowest BCUT2D eigenvalue weighted by atomic mass is 10.5. The SMILES string of the molecule is [N-]=[N+]=NS(=O)(=O)c1ccccn1. The molecular formula is C5H4N4O2S. The lowest BCUT2D eigenvalue weighted by Crippen LogP contribution is -1.97. The zero-order valence-electron chi connectivity index (χ0n) is 5.82. The molecule has 7 heteroatoms. The van der Waals surface area contributed by atoms with Crippen molar-refractivity contribution >= 4 is 10.0 Å². The van der Waals surface area contributed by atoms with E-state index in [1.54, 1.807) is 6.07 Å². The van der Waals surface area contributed by atoms with Crippen LogP contribution in [0.1, 0.15) is 0 Å². The highest BCUT2D eigenvalue weighted by molar-refractivity contribution is 7.89. The molecule has 62 valence electrons. The number of azide groups is 1. The summed E-state index contributed by atoms with van der Waals surface area (Å²) in [7, 11) is -3.91. The molecule has 0 N–H and O–H groups in total. The van der Waals surface area contributed by atoms with E-state index < -0.39 is 10.0 Å². The van der Waals surface area contributed by atoms with Crippen LogP contribution in [-0.4, -0.2) is 13.4 Å². The van der Waals surface area contributed by atoms with Crippen LogP contribution in [0.3, 0.4) is 0 Å². The van der Waals surface area contributed by atoms with Crippen LogP contribution in [0, 0.1) is 0 Å². The molecule has 0 fully saturated rings. The van der Waals surface area contributed by atoms with Crippen molar-refractivity contribution in [3.63, 3.8) is 0 Å². The fraction of sp³-hybridized carbons (Fsp3) is 0. The Morgan fingerprint density at radius 3 is 2.75 bits per heavy atom. The third-order valence-corrected chi connectivity index (χ3v) is 2.10. The van der Waals surface area contributed by atoms with Crippen LogP contribution in [0.4, 0.5) is 0 Å². The zero-order chi connectivity index (χ0) is 9.03. The predicted octanol–water partition coefficient (Wildman–Crippen LogP) is 1.08. The van der Waals surface area contributed by atoms with Crippen LogP contribution >= 0.6 is 0 Å². The van der Waals surface area contributed by atoms with Gasteiger partial charge in [0.25, 0.3) is 10.0 Å². The number of hydrogen-bond acceptors (Lipinski definition) is 3. The topological polar surface area (TPSA) is 95.8 Å². The monoisotopic (exact) mass is 184 g/mol. The van der Waals surface area contributed by atoms with Crippen LogP contribution in [0.5, 0.6) is 0 Å². The van der Waals surface area contributed by atoms with Crippen molar-refractivity contribution in [1.82, 2.24) is 4.98 Å². The Kier molecular flexibility index (Phi) is 2.27. The Hall–Kier alpha value is -1.59. The van der Waals surface area contributed by atoms with Gasteiger partial charge in [0.15, 0.2) is 5.03 Å². The number of pyridine rings is 1. The van der Waals surface area contributed by atoms with Gasteiger partial charge >= 0.3 is 0 Å². The summed E-state index contributed by atoms with van der Waals surface area (Å²) < 4.78 is 24.5. The molecule has 0 aliphatic carbocycles. The number of aromatic nitrogens is 1. The second-order valence-electron chi connectivity index (χ2n) is 1.81. The zero-order valence-corrected chi connectivity index (χ0v) is 6.64. The van der Waals surface area contributed by atoms with Gasteiger partial charge < -0.3 is 0 Å². The van der Waals surface area contributed by atoms with Gasteiger partial charge in [-0.2, -0.15) is 0 Å². The Morgan fingerprint density at radius 1 is 1.50 bits per heavy atom. The summed E-state index contributed by atoms with van der Waals surface area (Å²) in [5.41, 5.74) is 7.91. The van der Waals surface area contributed by atoms with Gasteiger partial charge in [0.2, 0.25) is 0 Å². The van der Waals surface area contributed by atoms with Crippen LogP contribution in [0.15, 0.2) is 33.9 Å². The van der Waals surface area contributed by atoms with Gasteiger partial charge in [0.1, 0.15) is 0 Å². The van der Waals surface area contributed by atoms with Crippen molar-refractivity contribution in [3.05, 3.63) is 34.8 Å². The van der Waals surface area contributed by atoms with E-state index in [9.17, 15) is 8.42 Å². The number of sulfonamides is 1. The summed E-state index contributed by atoms with van der Waals surface area (Å²) in [5, 5.41) is -0.247. The van der Waals surface area contributed by atoms with Crippen molar-refractivity contribution in [1.29, 1.82) is 0 Å². The molecule has 0 aromatic carbocycles. The lowest BCUT2D eigenvalue weighted by molar-refractivity contribution is 0.593. The molecule has 12 heavy (non-hydrogen) atoms. The molecule has 0 radical (unpaired) electrons. The van der Waals surface area contributed by atoms with Gasteiger partial charge in [0.05, 0.1) is 0 Å². The van der Waals surface area contributed by atoms with Gasteiger partial charge in [-0.05, 0) is 17.7 Å². The van der Waals surface area contributed by atoms with E-state index in [-0.39, 0.29) is 5.03 Å². The maximum atomic E-state index is 10.9. The Labute approximate surface area is 68.5 Å². The summed E-state index contributed by atoms with van der Waals surface area (Å²) in [6.45, 7) is 0. The van der Waals surface area contributed by atoms with E-state index in [1.807, 2.05) is 0 Å². The normalized spacial score (nSPS) is 10.3. The molecule has 0 atom stereocenters. The third kappa shape index (κ3) is 1.71. The first-order valence-corrected chi connectivity index (χ1v) is 4.33. The van der Waals surface area contributed by atoms with Crippen molar-refractivity contribution in [3.8, 4) is 0 Å². The van der Waals surface area contributed by atoms with E-state index >= 15 is 0 Å². The molecule has 0 bridgehead atoms. The Bertz CT molecular complexity index is 406. The molecule has 0 unspecified atom stereocenters. The third-order valence-electron chi connectivity index (χ3n) is 1.05. The maximum absolute atomic E-state index is 10.9. The molecule has 0 aliphatic rings. The lowest BCUT2D eigenvalue weighted by Gasteiger charge is -1.92. The molecule has 0 aliphatic heterocycles. The van der Waals surface area contributed by atoms with E-state index in [0.29, 0.717) is 0 Å². The van der Waals surface area contributed by atoms with Gasteiger partial charge in [0, 0.05) is 15.6 Å². The number of rotatable bonds is 2. The van der Waals surface area contributed by atoms with Crippen LogP contribution in [0.25, 0.3) is 10.4 Å². The van der Waals surface area contributed by atoms with Crippen molar-refractivity contribution in [2.24, 2.45) is 4.52 Å². The molecule has 1 heterocycles. The first-order valence-electron chi connectivity index (χ1n) is 2.89. The Balaban J connectivity index is 3.25. The molecule has 1 aromatic rings. The highest BCUT2D eigenvalue weighted by Crippen LogP contribution is 2.06. The second kappa shape index (κ2) is 3.21. The smallest absolute Gasteiger partial charge is 0.244 e. The number of nitrogens with zero attached hydrogens (tertiary/aromatic N) is 4. The van der Waals surface area contributed by atoms with Crippen LogP contribution in [-0.2, 0) is 10.0 Å². The van der Waals surface area contributed by atoms with E-state index in [0.717, 1.165) is 0 Å². The van der Waals surface area contributed by atoms with Gasteiger partial charge in [-0.15, -0.1) is 0 Å². The van der Waals surface area contributed by atoms with Crippen molar-refractivity contribution in [2.45, 2.75) is 5.03 Å². The first kappa shape index (κ1) is 8.51. The minimum Gasteiger partial charge on any atom is -0.244 e. The molecule has 0 saturated carbocycles. The maximum Gasteiger partial charge on any atom is 0.281 e. The van der Waals surface area contributed by atoms with E-state index in [1.165, 1.54) is 18.3 Å². The molecular weight excluding hydrogens is 180 g/mol. The standard InChI is InChI=1S/C5H4N4O2S/c6-8-9-12(10,11)5-3-1-2-4-7-5/h1-4H. The molecule has 1 aromatic heterocycles. The van der Waals surface area contributed by atoms with Gasteiger partial charge in [-0.25, -0.2) is 13.4 Å². The largest absolute Gasteiger partial charge is 0.281 e.